The number of anilines is 1. The van der Waals surface area contributed by atoms with Crippen molar-refractivity contribution in [3.05, 3.63) is 57.6 Å². The molecule has 5 heteroatoms. The van der Waals surface area contributed by atoms with Gasteiger partial charge in [-0.25, -0.2) is 0 Å². The van der Waals surface area contributed by atoms with Crippen LogP contribution in [-0.4, -0.2) is 13.1 Å². The second-order valence-corrected chi connectivity index (χ2v) is 8.95. The zero-order valence-corrected chi connectivity index (χ0v) is 16.7. The summed E-state index contributed by atoms with van der Waals surface area (Å²) < 4.78 is 6.71. The molecule has 0 radical (unpaired) electrons. The molecule has 0 saturated heterocycles. The Kier molecular flexibility index (Phi) is 3.97. The lowest BCUT2D eigenvalue weighted by molar-refractivity contribution is -0.255. The van der Waals surface area contributed by atoms with Crippen LogP contribution in [0.1, 0.15) is 52.7 Å². The van der Waals surface area contributed by atoms with Crippen LogP contribution in [0.4, 0.5) is 5.69 Å². The van der Waals surface area contributed by atoms with E-state index in [0.717, 1.165) is 21.5 Å². The third-order valence-corrected chi connectivity index (χ3v) is 7.34. The molecule has 2 aliphatic carbocycles. The quantitative estimate of drug-likeness (QED) is 0.801. The van der Waals surface area contributed by atoms with Crippen LogP contribution in [0.5, 0.6) is 5.75 Å². The predicted octanol–water partition coefficient (Wildman–Crippen LogP) is 4.12. The molecule has 5 atom stereocenters. The van der Waals surface area contributed by atoms with Crippen LogP contribution in [0.25, 0.3) is 0 Å². The van der Waals surface area contributed by atoms with E-state index in [4.69, 9.17) is 4.74 Å². The van der Waals surface area contributed by atoms with E-state index in [0.29, 0.717) is 23.7 Å². The Morgan fingerprint density at radius 2 is 1.96 bits per heavy atom. The van der Waals surface area contributed by atoms with Crippen molar-refractivity contribution in [2.24, 2.45) is 17.8 Å². The minimum atomic E-state index is -1.10. The van der Waals surface area contributed by atoms with Crippen molar-refractivity contribution in [3.8, 4) is 5.75 Å². The number of aromatic carboxylic acids is 1. The van der Waals surface area contributed by atoms with Crippen molar-refractivity contribution in [1.82, 2.24) is 0 Å². The number of fused-ring (bicyclic) bond motifs is 7. The zero-order chi connectivity index (χ0) is 18.7. The summed E-state index contributed by atoms with van der Waals surface area (Å²) in [5.74, 6) is 1.95. The molecule has 1 heterocycles. The van der Waals surface area contributed by atoms with Crippen molar-refractivity contribution in [2.75, 3.05) is 12.4 Å². The van der Waals surface area contributed by atoms with Crippen LogP contribution in [0.3, 0.4) is 0 Å². The summed E-state index contributed by atoms with van der Waals surface area (Å²) in [7, 11) is 1.72. The zero-order valence-electron chi connectivity index (χ0n) is 15.1. The first kappa shape index (κ1) is 17.1. The number of rotatable bonds is 3. The van der Waals surface area contributed by atoms with Gasteiger partial charge in [0.1, 0.15) is 5.75 Å². The fraction of sp³-hybridized carbons (Fsp3) is 0.409. The molecule has 0 aromatic heterocycles. The summed E-state index contributed by atoms with van der Waals surface area (Å²) >= 11 is 3.61. The molecule has 27 heavy (non-hydrogen) atoms. The minimum absolute atomic E-state index is 0.166. The number of nitrogens with one attached hydrogen (secondary N) is 1. The topological polar surface area (TPSA) is 61.4 Å². The Hall–Kier alpha value is -2.01. The van der Waals surface area contributed by atoms with Crippen LogP contribution >= 0.6 is 15.9 Å². The summed E-state index contributed by atoms with van der Waals surface area (Å²) in [4.78, 5) is 11.4. The number of benzene rings is 2. The number of methoxy groups -OCH3 is 1. The third-order valence-electron chi connectivity index (χ3n) is 6.85. The van der Waals surface area contributed by atoms with Gasteiger partial charge in [0.05, 0.1) is 19.1 Å². The molecule has 0 spiro atoms. The van der Waals surface area contributed by atoms with E-state index >= 15 is 0 Å². The highest BCUT2D eigenvalue weighted by molar-refractivity contribution is 9.10. The number of carboxylic acid groups (broad SMARTS) is 1. The first-order chi connectivity index (χ1) is 13.1. The molecule has 4 nitrogen and oxygen atoms in total. The maximum atomic E-state index is 11.4. The lowest BCUT2D eigenvalue weighted by Gasteiger charge is -2.44. The fourth-order valence-electron chi connectivity index (χ4n) is 5.87. The summed E-state index contributed by atoms with van der Waals surface area (Å²) in [5, 5.41) is 15.1. The van der Waals surface area contributed by atoms with Crippen molar-refractivity contribution in [2.45, 2.75) is 31.2 Å². The first-order valence-electron chi connectivity index (χ1n) is 9.52. The fourth-order valence-corrected chi connectivity index (χ4v) is 6.25. The number of hydrogen-bond donors (Lipinski definition) is 1. The summed E-state index contributed by atoms with van der Waals surface area (Å²) in [6.45, 7) is 0. The molecule has 1 aliphatic heterocycles. The number of hydrogen-bond acceptors (Lipinski definition) is 4. The SMILES string of the molecule is COc1ccc(Br)cc1[C@H]1Nc2ccc(C(=O)[O-])cc2[C@@H]2[C@@H]3CC[C@H](C3)[C@@H]21. The molecule has 2 aromatic rings. The second-order valence-electron chi connectivity index (χ2n) is 8.03. The normalized spacial score (nSPS) is 30.4. The molecule has 0 unspecified atom stereocenters. The lowest BCUT2D eigenvalue weighted by Crippen LogP contribution is -2.36. The summed E-state index contributed by atoms with van der Waals surface area (Å²) in [6.07, 6.45) is 3.73. The Morgan fingerprint density at radius 3 is 2.74 bits per heavy atom. The van der Waals surface area contributed by atoms with Gasteiger partial charge in [0.25, 0.3) is 0 Å². The average molecular weight is 427 g/mol. The Morgan fingerprint density at radius 1 is 1.15 bits per heavy atom. The first-order valence-corrected chi connectivity index (χ1v) is 10.3. The molecular formula is C22H21BrNO3-. The monoisotopic (exact) mass is 426 g/mol. The van der Waals surface area contributed by atoms with E-state index in [1.54, 1.807) is 13.2 Å². The average Bonchev–Trinajstić information content (AvgIpc) is 3.29. The molecule has 2 saturated carbocycles. The molecular weight excluding hydrogens is 406 g/mol. The van der Waals surface area contributed by atoms with Gasteiger partial charge in [-0.1, -0.05) is 22.0 Å². The van der Waals surface area contributed by atoms with Gasteiger partial charge in [-0.2, -0.15) is 0 Å². The largest absolute Gasteiger partial charge is 0.545 e. The Balaban J connectivity index is 1.65. The maximum absolute atomic E-state index is 11.4. The molecule has 1 N–H and O–H groups in total. The van der Waals surface area contributed by atoms with Gasteiger partial charge in [-0.05, 0) is 84.4 Å². The van der Waals surface area contributed by atoms with E-state index < -0.39 is 5.97 Å². The van der Waals surface area contributed by atoms with Crippen molar-refractivity contribution in [1.29, 1.82) is 0 Å². The van der Waals surface area contributed by atoms with Gasteiger partial charge in [-0.3, -0.25) is 0 Å². The Labute approximate surface area is 167 Å². The second kappa shape index (κ2) is 6.26. The van der Waals surface area contributed by atoms with Crippen molar-refractivity contribution in [3.63, 3.8) is 0 Å². The number of carbonyl (C=O) groups excluding carboxylic acids is 1. The molecule has 5 rings (SSSR count). The Bertz CT molecular complexity index is 928. The molecule has 140 valence electrons. The molecule has 2 fully saturated rings. The molecule has 2 bridgehead atoms. The third kappa shape index (κ3) is 2.59. The number of ether oxygens (including phenoxy) is 1. The minimum Gasteiger partial charge on any atom is -0.545 e. The van der Waals surface area contributed by atoms with Gasteiger partial charge in [0.15, 0.2) is 0 Å². The lowest BCUT2D eigenvalue weighted by atomic mass is 9.67. The highest BCUT2D eigenvalue weighted by atomic mass is 79.9. The molecule has 2 aromatic carbocycles. The highest BCUT2D eigenvalue weighted by Crippen LogP contribution is 2.64. The number of carbonyl (C=O) groups is 1. The van der Waals surface area contributed by atoms with E-state index in [1.807, 2.05) is 24.3 Å². The van der Waals surface area contributed by atoms with Gasteiger partial charge >= 0.3 is 0 Å². The predicted molar refractivity (Wildman–Crippen MR) is 105 cm³/mol. The van der Waals surface area contributed by atoms with E-state index in [2.05, 4.69) is 27.3 Å². The van der Waals surface area contributed by atoms with Gasteiger partial charge in [0.2, 0.25) is 0 Å². The van der Waals surface area contributed by atoms with Crippen LogP contribution in [0.15, 0.2) is 40.9 Å². The maximum Gasteiger partial charge on any atom is 0.124 e. The smallest absolute Gasteiger partial charge is 0.124 e. The summed E-state index contributed by atoms with van der Waals surface area (Å²) in [5.41, 5.74) is 3.64. The summed E-state index contributed by atoms with van der Waals surface area (Å²) in [6, 6.07) is 11.7. The van der Waals surface area contributed by atoms with E-state index in [1.165, 1.54) is 24.8 Å². The highest BCUT2D eigenvalue weighted by Gasteiger charge is 2.54. The molecule has 3 aliphatic rings. The van der Waals surface area contributed by atoms with Gasteiger partial charge in [0, 0.05) is 15.7 Å². The van der Waals surface area contributed by atoms with Gasteiger partial charge in [-0.15, -0.1) is 0 Å². The number of carboxylic acids is 1. The standard InChI is InChI=1S/C22H22BrNO3/c1-27-18-7-5-14(23)10-16(18)21-20-12-3-2-11(8-12)19(20)15-9-13(22(25)26)4-6-17(15)24-21/h4-7,9-12,19-21,24H,2-3,8H2,1H3,(H,25,26)/p-1/t11-,12-,19+,20+,21-/m1/s1. The van der Waals surface area contributed by atoms with E-state index in [-0.39, 0.29) is 11.6 Å². The van der Waals surface area contributed by atoms with Gasteiger partial charge < -0.3 is 20.0 Å². The number of halogens is 1. The van der Waals surface area contributed by atoms with Crippen molar-refractivity contribution >= 4 is 27.6 Å². The molecule has 0 amide bonds. The van der Waals surface area contributed by atoms with Crippen LogP contribution < -0.4 is 15.2 Å². The van der Waals surface area contributed by atoms with Crippen molar-refractivity contribution < 1.29 is 14.6 Å². The van der Waals surface area contributed by atoms with Crippen LogP contribution in [-0.2, 0) is 0 Å². The van der Waals surface area contributed by atoms with E-state index in [9.17, 15) is 9.90 Å². The van der Waals surface area contributed by atoms with Crippen LogP contribution in [0.2, 0.25) is 0 Å². The van der Waals surface area contributed by atoms with Crippen LogP contribution in [0, 0.1) is 17.8 Å².